The minimum atomic E-state index is -4.86. The van der Waals surface area contributed by atoms with Gasteiger partial charge in [-0.2, -0.15) is 8.42 Å². The van der Waals surface area contributed by atoms with Crippen LogP contribution in [0.15, 0.2) is 29.2 Å². The van der Waals surface area contributed by atoms with Crippen molar-refractivity contribution in [1.29, 1.82) is 0 Å². The second-order valence-electron chi connectivity index (χ2n) is 4.67. The molecule has 1 atom stereocenters. The van der Waals surface area contributed by atoms with Gasteiger partial charge in [0.1, 0.15) is 4.90 Å². The highest BCUT2D eigenvalue weighted by molar-refractivity contribution is 7.86. The maximum absolute atomic E-state index is 13.1. The molecule has 1 aliphatic rings. The third kappa shape index (κ3) is 4.01. The highest BCUT2D eigenvalue weighted by Gasteiger charge is 2.21. The number of benzene rings is 1. The van der Waals surface area contributed by atoms with E-state index >= 15 is 0 Å². The maximum Gasteiger partial charge on any atom is 0.334 e. The molecule has 0 spiro atoms. The van der Waals surface area contributed by atoms with Gasteiger partial charge in [-0.15, -0.1) is 3.89 Å². The van der Waals surface area contributed by atoms with Crippen molar-refractivity contribution in [2.45, 2.75) is 36.7 Å². The smallest absolute Gasteiger partial charge is 0.334 e. The van der Waals surface area contributed by atoms with Gasteiger partial charge in [-0.1, -0.05) is 12.1 Å². The first kappa shape index (κ1) is 14.9. The van der Waals surface area contributed by atoms with E-state index in [-0.39, 0.29) is 24.1 Å². The second kappa shape index (κ2) is 6.32. The van der Waals surface area contributed by atoms with Crippen molar-refractivity contribution in [2.24, 2.45) is 0 Å². The van der Waals surface area contributed by atoms with E-state index in [1.165, 1.54) is 18.2 Å². The molecule has 1 aliphatic heterocycles. The van der Waals surface area contributed by atoms with Crippen molar-refractivity contribution in [2.75, 3.05) is 11.9 Å². The molecule has 0 saturated carbocycles. The lowest BCUT2D eigenvalue weighted by Gasteiger charge is -2.22. The van der Waals surface area contributed by atoms with E-state index in [4.69, 9.17) is 4.74 Å². The molecule has 0 aliphatic carbocycles. The molecular formula is C13H16FNO4S. The fourth-order valence-electron chi connectivity index (χ4n) is 2.16. The van der Waals surface area contributed by atoms with Gasteiger partial charge in [0.15, 0.2) is 0 Å². The third-order valence-electron chi connectivity index (χ3n) is 3.11. The van der Waals surface area contributed by atoms with E-state index in [0.29, 0.717) is 6.61 Å². The number of nitrogens with one attached hydrogen (secondary N) is 1. The molecule has 1 saturated heterocycles. The number of anilines is 1. The number of hydrogen-bond donors (Lipinski definition) is 1. The van der Waals surface area contributed by atoms with Gasteiger partial charge in [0.2, 0.25) is 5.91 Å². The second-order valence-corrected chi connectivity index (χ2v) is 5.99. The van der Waals surface area contributed by atoms with Gasteiger partial charge in [-0.25, -0.2) is 0 Å². The van der Waals surface area contributed by atoms with Crippen molar-refractivity contribution in [3.8, 4) is 0 Å². The molecule has 7 heteroatoms. The SMILES string of the molecule is O=C(CC1CCCCO1)Nc1ccccc1S(=O)(=O)F. The highest BCUT2D eigenvalue weighted by Crippen LogP contribution is 2.23. The van der Waals surface area contributed by atoms with Gasteiger partial charge in [0, 0.05) is 6.61 Å². The Kier molecular flexibility index (Phi) is 4.72. The minimum Gasteiger partial charge on any atom is -0.378 e. The molecule has 20 heavy (non-hydrogen) atoms. The first-order valence-corrected chi connectivity index (χ1v) is 7.80. The van der Waals surface area contributed by atoms with Crippen LogP contribution in [-0.4, -0.2) is 27.0 Å². The van der Waals surface area contributed by atoms with Gasteiger partial charge in [-0.05, 0) is 31.4 Å². The van der Waals surface area contributed by atoms with E-state index in [9.17, 15) is 17.1 Å². The summed E-state index contributed by atoms with van der Waals surface area (Å²) in [6.45, 7) is 0.632. The molecule has 0 aromatic heterocycles. The Labute approximate surface area is 117 Å². The monoisotopic (exact) mass is 301 g/mol. The topological polar surface area (TPSA) is 72.5 Å². The van der Waals surface area contributed by atoms with Gasteiger partial charge in [-0.3, -0.25) is 4.79 Å². The molecule has 1 heterocycles. The Morgan fingerprint density at radius 2 is 2.10 bits per heavy atom. The van der Waals surface area contributed by atoms with Crippen molar-refractivity contribution in [3.63, 3.8) is 0 Å². The van der Waals surface area contributed by atoms with Crippen molar-refractivity contribution < 1.29 is 21.8 Å². The summed E-state index contributed by atoms with van der Waals surface area (Å²) in [5.41, 5.74) is -0.0455. The Hall–Kier alpha value is -1.47. The maximum atomic E-state index is 13.1. The summed E-state index contributed by atoms with van der Waals surface area (Å²) in [5.74, 6) is -0.381. The molecule has 0 radical (unpaired) electrons. The summed E-state index contributed by atoms with van der Waals surface area (Å²) in [6, 6.07) is 5.39. The predicted octanol–water partition coefficient (Wildman–Crippen LogP) is 2.24. The van der Waals surface area contributed by atoms with Gasteiger partial charge in [0.25, 0.3) is 0 Å². The van der Waals surface area contributed by atoms with Crippen LogP contribution in [0.5, 0.6) is 0 Å². The number of ether oxygens (including phenoxy) is 1. The largest absolute Gasteiger partial charge is 0.378 e. The molecule has 5 nitrogen and oxygen atoms in total. The molecule has 1 amide bonds. The average Bonchev–Trinajstić information content (AvgIpc) is 2.39. The highest BCUT2D eigenvalue weighted by atomic mass is 32.3. The van der Waals surface area contributed by atoms with E-state index in [2.05, 4.69) is 5.32 Å². The van der Waals surface area contributed by atoms with Crippen LogP contribution in [0.3, 0.4) is 0 Å². The molecule has 1 aromatic rings. The molecule has 2 rings (SSSR count). The number of amides is 1. The van der Waals surface area contributed by atoms with Gasteiger partial charge in [0.05, 0.1) is 18.2 Å². The first-order chi connectivity index (χ1) is 9.47. The van der Waals surface area contributed by atoms with Crippen LogP contribution >= 0.6 is 0 Å². The van der Waals surface area contributed by atoms with Crippen LogP contribution in [0, 0.1) is 0 Å². The third-order valence-corrected chi connectivity index (χ3v) is 3.99. The molecule has 0 bridgehead atoms. The zero-order valence-electron chi connectivity index (χ0n) is 10.8. The number of rotatable bonds is 4. The fourth-order valence-corrected chi connectivity index (χ4v) is 2.78. The van der Waals surface area contributed by atoms with E-state index in [1.807, 2.05) is 0 Å². The van der Waals surface area contributed by atoms with Crippen molar-refractivity contribution in [3.05, 3.63) is 24.3 Å². The van der Waals surface area contributed by atoms with E-state index < -0.39 is 15.1 Å². The van der Waals surface area contributed by atoms with Crippen LogP contribution in [0.1, 0.15) is 25.7 Å². The van der Waals surface area contributed by atoms with Crippen LogP contribution in [0.4, 0.5) is 9.57 Å². The molecule has 110 valence electrons. The zero-order chi connectivity index (χ0) is 14.6. The standard InChI is InChI=1S/C13H16FNO4S/c14-20(17,18)12-7-2-1-6-11(12)15-13(16)9-10-5-3-4-8-19-10/h1-2,6-7,10H,3-5,8-9H2,(H,15,16). The summed E-state index contributed by atoms with van der Waals surface area (Å²) in [6.07, 6.45) is 2.78. The Morgan fingerprint density at radius 3 is 2.75 bits per heavy atom. The van der Waals surface area contributed by atoms with Crippen molar-refractivity contribution >= 4 is 21.8 Å². The number of hydrogen-bond acceptors (Lipinski definition) is 4. The molecule has 1 N–H and O–H groups in total. The van der Waals surface area contributed by atoms with Crippen LogP contribution in [0.25, 0.3) is 0 Å². The van der Waals surface area contributed by atoms with E-state index in [1.54, 1.807) is 0 Å². The summed E-state index contributed by atoms with van der Waals surface area (Å²) < 4.78 is 40.5. The molecule has 1 unspecified atom stereocenters. The number of carbonyl (C=O) groups is 1. The number of halogens is 1. The fraction of sp³-hybridized carbons (Fsp3) is 0.462. The van der Waals surface area contributed by atoms with Crippen LogP contribution in [-0.2, 0) is 19.8 Å². The Balaban J connectivity index is 2.04. The Morgan fingerprint density at radius 1 is 1.35 bits per heavy atom. The summed E-state index contributed by atoms with van der Waals surface area (Å²) in [7, 11) is -4.86. The lowest BCUT2D eigenvalue weighted by Crippen LogP contribution is -2.25. The van der Waals surface area contributed by atoms with Gasteiger partial charge >= 0.3 is 10.2 Å². The zero-order valence-corrected chi connectivity index (χ0v) is 11.7. The van der Waals surface area contributed by atoms with Crippen molar-refractivity contribution in [1.82, 2.24) is 0 Å². The van der Waals surface area contributed by atoms with Crippen LogP contribution < -0.4 is 5.32 Å². The molecule has 1 fully saturated rings. The van der Waals surface area contributed by atoms with E-state index in [0.717, 1.165) is 25.3 Å². The number of para-hydroxylation sites is 1. The minimum absolute atomic E-state index is 0.0455. The molecule has 1 aromatic carbocycles. The summed E-state index contributed by atoms with van der Waals surface area (Å²) in [5, 5.41) is 2.43. The predicted molar refractivity (Wildman–Crippen MR) is 71.6 cm³/mol. The number of carbonyl (C=O) groups excluding carboxylic acids is 1. The quantitative estimate of drug-likeness (QED) is 0.866. The lowest BCUT2D eigenvalue weighted by molar-refractivity contribution is -0.119. The lowest BCUT2D eigenvalue weighted by atomic mass is 10.1. The van der Waals surface area contributed by atoms with Gasteiger partial charge < -0.3 is 10.1 Å². The average molecular weight is 301 g/mol. The van der Waals surface area contributed by atoms with Crippen LogP contribution in [0.2, 0.25) is 0 Å². The first-order valence-electron chi connectivity index (χ1n) is 6.42. The Bertz CT molecular complexity index is 582. The normalized spacial score (nSPS) is 19.6. The molecular weight excluding hydrogens is 285 g/mol. The summed E-state index contributed by atoms with van der Waals surface area (Å²) >= 11 is 0. The summed E-state index contributed by atoms with van der Waals surface area (Å²) in [4.78, 5) is 11.3.